The van der Waals surface area contributed by atoms with E-state index in [1.54, 1.807) is 0 Å². The second-order valence-corrected chi connectivity index (χ2v) is 5.34. The van der Waals surface area contributed by atoms with Gasteiger partial charge in [0.2, 0.25) is 0 Å². The maximum Gasteiger partial charge on any atom is 0.265 e. The van der Waals surface area contributed by atoms with Gasteiger partial charge in [-0.3, -0.25) is 4.55 Å². The van der Waals surface area contributed by atoms with E-state index in [0.717, 1.165) is 24.7 Å². The molecule has 11 heavy (non-hydrogen) atoms. The molecule has 0 spiro atoms. The fourth-order valence-electron chi connectivity index (χ4n) is 2.27. The van der Waals surface area contributed by atoms with Crippen LogP contribution >= 0.6 is 0 Å². The summed E-state index contributed by atoms with van der Waals surface area (Å²) in [6, 6.07) is 0. The van der Waals surface area contributed by atoms with Crippen LogP contribution in [0.3, 0.4) is 0 Å². The third kappa shape index (κ3) is 1.73. The SMILES string of the molecule is O=S(=O)(O)CC1CC2CC2C1. The van der Waals surface area contributed by atoms with Gasteiger partial charge >= 0.3 is 0 Å². The summed E-state index contributed by atoms with van der Waals surface area (Å²) in [6.07, 6.45) is 3.33. The minimum atomic E-state index is -3.71. The summed E-state index contributed by atoms with van der Waals surface area (Å²) in [7, 11) is -3.71. The summed E-state index contributed by atoms with van der Waals surface area (Å²) in [4.78, 5) is 0. The van der Waals surface area contributed by atoms with Gasteiger partial charge in [-0.25, -0.2) is 0 Å². The smallest absolute Gasteiger partial charge is 0.265 e. The van der Waals surface area contributed by atoms with Gasteiger partial charge in [0.15, 0.2) is 0 Å². The molecule has 1 N–H and O–H groups in total. The fraction of sp³-hybridized carbons (Fsp3) is 1.00. The molecule has 2 atom stereocenters. The molecule has 2 fully saturated rings. The molecular formula is C7H12O3S. The van der Waals surface area contributed by atoms with Crippen LogP contribution in [0.25, 0.3) is 0 Å². The Morgan fingerprint density at radius 3 is 2.18 bits per heavy atom. The van der Waals surface area contributed by atoms with Gasteiger partial charge in [0, 0.05) is 0 Å². The molecule has 64 valence electrons. The first-order valence-corrected chi connectivity index (χ1v) is 5.60. The molecule has 2 unspecified atom stereocenters. The van der Waals surface area contributed by atoms with Gasteiger partial charge < -0.3 is 0 Å². The van der Waals surface area contributed by atoms with Crippen LogP contribution in [0, 0.1) is 17.8 Å². The van der Waals surface area contributed by atoms with Crippen LogP contribution in [-0.4, -0.2) is 18.7 Å². The number of fused-ring (bicyclic) bond motifs is 1. The van der Waals surface area contributed by atoms with Crippen molar-refractivity contribution in [2.24, 2.45) is 17.8 Å². The predicted molar refractivity (Wildman–Crippen MR) is 40.7 cm³/mol. The molecular weight excluding hydrogens is 164 g/mol. The molecule has 3 nitrogen and oxygen atoms in total. The van der Waals surface area contributed by atoms with E-state index < -0.39 is 10.1 Å². The summed E-state index contributed by atoms with van der Waals surface area (Å²) in [6.45, 7) is 0. The fourth-order valence-corrected chi connectivity index (χ4v) is 3.14. The Labute approximate surface area is 66.5 Å². The molecule has 2 aliphatic rings. The van der Waals surface area contributed by atoms with E-state index in [4.69, 9.17) is 4.55 Å². The normalized spacial score (nSPS) is 42.1. The standard InChI is InChI=1S/C7H12O3S/c8-11(9,10)4-5-1-6-3-7(6)2-5/h5-7H,1-4H2,(H,8,9,10). The first-order chi connectivity index (χ1) is 5.04. The Hall–Kier alpha value is -0.0900. The monoisotopic (exact) mass is 176 g/mol. The maximum absolute atomic E-state index is 10.5. The van der Waals surface area contributed by atoms with Gasteiger partial charge in [-0.1, -0.05) is 0 Å². The second-order valence-electron chi connectivity index (χ2n) is 3.84. The molecule has 0 radical (unpaired) electrons. The molecule has 0 aromatic heterocycles. The largest absolute Gasteiger partial charge is 0.286 e. The Balaban J connectivity index is 1.89. The molecule has 2 aliphatic carbocycles. The van der Waals surface area contributed by atoms with Gasteiger partial charge in [-0.05, 0) is 37.0 Å². The summed E-state index contributed by atoms with van der Waals surface area (Å²) in [5.41, 5.74) is 0. The minimum absolute atomic E-state index is 0.0139. The number of rotatable bonds is 2. The van der Waals surface area contributed by atoms with E-state index in [-0.39, 0.29) is 11.7 Å². The average Bonchev–Trinajstić information content (AvgIpc) is 2.36. The first-order valence-electron chi connectivity index (χ1n) is 4.00. The van der Waals surface area contributed by atoms with E-state index in [1.807, 2.05) is 0 Å². The molecule has 0 aliphatic heterocycles. The Morgan fingerprint density at radius 1 is 1.18 bits per heavy atom. The van der Waals surface area contributed by atoms with Crippen molar-refractivity contribution < 1.29 is 13.0 Å². The molecule has 0 saturated heterocycles. The Morgan fingerprint density at radius 2 is 1.73 bits per heavy atom. The van der Waals surface area contributed by atoms with Crippen molar-refractivity contribution in [3.05, 3.63) is 0 Å². The van der Waals surface area contributed by atoms with Crippen LogP contribution in [0.5, 0.6) is 0 Å². The predicted octanol–water partition coefficient (Wildman–Crippen LogP) is 0.920. The van der Waals surface area contributed by atoms with Gasteiger partial charge in [0.1, 0.15) is 0 Å². The van der Waals surface area contributed by atoms with Crippen LogP contribution in [0.15, 0.2) is 0 Å². The average molecular weight is 176 g/mol. The van der Waals surface area contributed by atoms with Crippen LogP contribution in [0.4, 0.5) is 0 Å². The zero-order valence-corrected chi connectivity index (χ0v) is 7.05. The lowest BCUT2D eigenvalue weighted by Gasteiger charge is -2.07. The quantitative estimate of drug-likeness (QED) is 0.636. The maximum atomic E-state index is 10.5. The molecule has 4 heteroatoms. The third-order valence-corrected chi connectivity index (χ3v) is 3.68. The van der Waals surface area contributed by atoms with Crippen molar-refractivity contribution in [1.29, 1.82) is 0 Å². The van der Waals surface area contributed by atoms with Crippen molar-refractivity contribution in [3.8, 4) is 0 Å². The van der Waals surface area contributed by atoms with E-state index in [1.165, 1.54) is 6.42 Å². The number of hydrogen-bond donors (Lipinski definition) is 1. The zero-order valence-electron chi connectivity index (χ0n) is 6.23. The van der Waals surface area contributed by atoms with Crippen molar-refractivity contribution in [2.45, 2.75) is 19.3 Å². The van der Waals surface area contributed by atoms with Crippen LogP contribution in [-0.2, 0) is 10.1 Å². The highest BCUT2D eigenvalue weighted by Crippen LogP contribution is 2.54. The summed E-state index contributed by atoms with van der Waals surface area (Å²) < 4.78 is 29.5. The minimum Gasteiger partial charge on any atom is -0.286 e. The molecule has 2 saturated carbocycles. The molecule has 0 bridgehead atoms. The lowest BCUT2D eigenvalue weighted by Crippen LogP contribution is -2.13. The third-order valence-electron chi connectivity index (χ3n) is 2.79. The van der Waals surface area contributed by atoms with E-state index in [2.05, 4.69) is 0 Å². The highest BCUT2D eigenvalue weighted by Gasteiger charge is 2.46. The lowest BCUT2D eigenvalue weighted by atomic mass is 10.1. The van der Waals surface area contributed by atoms with E-state index in [0.29, 0.717) is 0 Å². The molecule has 0 amide bonds. The van der Waals surface area contributed by atoms with Gasteiger partial charge in [0.25, 0.3) is 10.1 Å². The van der Waals surface area contributed by atoms with Crippen molar-refractivity contribution in [2.75, 3.05) is 5.75 Å². The Kier molecular flexibility index (Phi) is 1.51. The number of hydrogen-bond acceptors (Lipinski definition) is 2. The Bertz CT molecular complexity index is 247. The molecule has 0 heterocycles. The summed E-state index contributed by atoms with van der Waals surface area (Å²) in [5.74, 6) is 1.82. The van der Waals surface area contributed by atoms with Gasteiger partial charge in [-0.2, -0.15) is 8.42 Å². The molecule has 0 aromatic carbocycles. The van der Waals surface area contributed by atoms with Crippen LogP contribution in [0.1, 0.15) is 19.3 Å². The van der Waals surface area contributed by atoms with Crippen molar-refractivity contribution >= 4 is 10.1 Å². The molecule has 2 rings (SSSR count). The van der Waals surface area contributed by atoms with Crippen molar-refractivity contribution in [3.63, 3.8) is 0 Å². The topological polar surface area (TPSA) is 54.4 Å². The summed E-state index contributed by atoms with van der Waals surface area (Å²) >= 11 is 0. The van der Waals surface area contributed by atoms with E-state index in [9.17, 15) is 8.42 Å². The summed E-state index contributed by atoms with van der Waals surface area (Å²) in [5, 5.41) is 0. The van der Waals surface area contributed by atoms with E-state index >= 15 is 0 Å². The zero-order chi connectivity index (χ0) is 8.06. The van der Waals surface area contributed by atoms with Crippen LogP contribution < -0.4 is 0 Å². The first kappa shape index (κ1) is 7.55. The molecule has 0 aromatic rings. The van der Waals surface area contributed by atoms with Gasteiger partial charge in [-0.15, -0.1) is 0 Å². The van der Waals surface area contributed by atoms with Crippen molar-refractivity contribution in [1.82, 2.24) is 0 Å². The highest BCUT2D eigenvalue weighted by molar-refractivity contribution is 7.85. The lowest BCUT2D eigenvalue weighted by molar-refractivity contribution is 0.454. The van der Waals surface area contributed by atoms with Gasteiger partial charge in [0.05, 0.1) is 5.75 Å². The second kappa shape index (κ2) is 2.20. The van der Waals surface area contributed by atoms with Crippen LogP contribution in [0.2, 0.25) is 0 Å². The highest BCUT2D eigenvalue weighted by atomic mass is 32.2.